The quantitative estimate of drug-likeness (QED) is 0.802. The predicted molar refractivity (Wildman–Crippen MR) is 60.8 cm³/mol. The van der Waals surface area contributed by atoms with Crippen LogP contribution in [0, 0.1) is 0 Å². The van der Waals surface area contributed by atoms with Crippen molar-refractivity contribution in [1.29, 1.82) is 0 Å². The van der Waals surface area contributed by atoms with E-state index in [2.05, 4.69) is 0 Å². The average molecular weight is 206 g/mol. The average Bonchev–Trinajstić information content (AvgIpc) is 2.27. The van der Waals surface area contributed by atoms with E-state index in [9.17, 15) is 9.90 Å². The zero-order valence-corrected chi connectivity index (χ0v) is 9.36. The monoisotopic (exact) mass is 206 g/mol. The Morgan fingerprint density at radius 2 is 1.93 bits per heavy atom. The van der Waals surface area contributed by atoms with E-state index in [1.165, 1.54) is 0 Å². The molecule has 82 valence electrons. The molecule has 2 heteroatoms. The molecule has 2 nitrogen and oxygen atoms in total. The highest BCUT2D eigenvalue weighted by Crippen LogP contribution is 2.31. The highest BCUT2D eigenvalue weighted by Gasteiger charge is 2.30. The molecular weight excluding hydrogens is 188 g/mol. The van der Waals surface area contributed by atoms with E-state index in [4.69, 9.17) is 0 Å². The van der Waals surface area contributed by atoms with E-state index in [0.717, 1.165) is 12.0 Å². The zero-order valence-electron chi connectivity index (χ0n) is 9.36. The number of hydrogen-bond acceptors (Lipinski definition) is 2. The summed E-state index contributed by atoms with van der Waals surface area (Å²) in [5.74, 6) is 0.120. The SMILES string of the molecule is CCC(CO)(CC(C)=O)c1ccccc1. The molecule has 0 heterocycles. The molecule has 0 aliphatic rings. The molecule has 1 rings (SSSR count). The van der Waals surface area contributed by atoms with Gasteiger partial charge in [0.15, 0.2) is 0 Å². The Morgan fingerprint density at radius 1 is 1.33 bits per heavy atom. The Labute approximate surface area is 90.9 Å². The molecule has 0 radical (unpaired) electrons. The first kappa shape index (κ1) is 11.9. The van der Waals surface area contributed by atoms with E-state index in [1.54, 1.807) is 6.92 Å². The van der Waals surface area contributed by atoms with Crippen molar-refractivity contribution in [3.63, 3.8) is 0 Å². The van der Waals surface area contributed by atoms with Crippen LogP contribution < -0.4 is 0 Å². The van der Waals surface area contributed by atoms with Crippen LogP contribution in [0.3, 0.4) is 0 Å². The third kappa shape index (κ3) is 2.66. The number of ketones is 1. The van der Waals surface area contributed by atoms with Gasteiger partial charge in [0.1, 0.15) is 5.78 Å². The van der Waals surface area contributed by atoms with Crippen LogP contribution >= 0.6 is 0 Å². The maximum atomic E-state index is 11.2. The lowest BCUT2D eigenvalue weighted by Crippen LogP contribution is -2.32. The fourth-order valence-corrected chi connectivity index (χ4v) is 1.96. The van der Waals surface area contributed by atoms with E-state index < -0.39 is 5.41 Å². The van der Waals surface area contributed by atoms with E-state index >= 15 is 0 Å². The van der Waals surface area contributed by atoms with E-state index in [1.807, 2.05) is 37.3 Å². The summed E-state index contributed by atoms with van der Waals surface area (Å²) in [4.78, 5) is 11.2. The standard InChI is InChI=1S/C13H18O2/c1-3-13(10-14,9-11(2)15)12-7-5-4-6-8-12/h4-8,14H,3,9-10H2,1-2H3. The van der Waals surface area contributed by atoms with Gasteiger partial charge >= 0.3 is 0 Å². The number of carbonyl (C=O) groups is 1. The second kappa shape index (κ2) is 5.08. The molecule has 1 atom stereocenters. The molecule has 0 aliphatic carbocycles. The summed E-state index contributed by atoms with van der Waals surface area (Å²) in [6, 6.07) is 9.77. The normalized spacial score (nSPS) is 14.6. The molecule has 1 N–H and O–H groups in total. The van der Waals surface area contributed by atoms with Gasteiger partial charge in [-0.05, 0) is 18.9 Å². The third-order valence-electron chi connectivity index (χ3n) is 2.95. The van der Waals surface area contributed by atoms with Gasteiger partial charge in [0, 0.05) is 11.8 Å². The van der Waals surface area contributed by atoms with Crippen LogP contribution in [0.25, 0.3) is 0 Å². The molecule has 1 aromatic rings. The van der Waals surface area contributed by atoms with Gasteiger partial charge in [-0.25, -0.2) is 0 Å². The van der Waals surface area contributed by atoms with Crippen molar-refractivity contribution in [2.75, 3.05) is 6.61 Å². The minimum Gasteiger partial charge on any atom is -0.395 e. The molecule has 0 saturated carbocycles. The van der Waals surface area contributed by atoms with Gasteiger partial charge in [-0.15, -0.1) is 0 Å². The van der Waals surface area contributed by atoms with Gasteiger partial charge in [0.05, 0.1) is 6.61 Å². The smallest absolute Gasteiger partial charge is 0.130 e. The second-order valence-corrected chi connectivity index (χ2v) is 4.04. The summed E-state index contributed by atoms with van der Waals surface area (Å²) in [5.41, 5.74) is 0.651. The van der Waals surface area contributed by atoms with Gasteiger partial charge < -0.3 is 5.11 Å². The molecule has 0 aliphatic heterocycles. The second-order valence-electron chi connectivity index (χ2n) is 4.04. The number of aliphatic hydroxyl groups is 1. The number of benzene rings is 1. The summed E-state index contributed by atoms with van der Waals surface area (Å²) in [7, 11) is 0. The first-order chi connectivity index (χ1) is 7.14. The summed E-state index contributed by atoms with van der Waals surface area (Å²) in [5, 5.41) is 9.53. The third-order valence-corrected chi connectivity index (χ3v) is 2.95. The van der Waals surface area contributed by atoms with Crippen LogP contribution in [0.15, 0.2) is 30.3 Å². The Balaban J connectivity index is 3.05. The summed E-state index contributed by atoms with van der Waals surface area (Å²) in [6.07, 6.45) is 1.18. The van der Waals surface area contributed by atoms with Crippen LogP contribution in [0.4, 0.5) is 0 Å². The van der Waals surface area contributed by atoms with Crippen LogP contribution in [0.1, 0.15) is 32.3 Å². The molecule has 0 bridgehead atoms. The number of hydrogen-bond donors (Lipinski definition) is 1. The van der Waals surface area contributed by atoms with Gasteiger partial charge in [-0.1, -0.05) is 37.3 Å². The van der Waals surface area contributed by atoms with Crippen LogP contribution in [-0.4, -0.2) is 17.5 Å². The molecule has 1 aromatic carbocycles. The van der Waals surface area contributed by atoms with Crippen molar-refractivity contribution in [3.8, 4) is 0 Å². The zero-order chi connectivity index (χ0) is 11.3. The first-order valence-electron chi connectivity index (χ1n) is 5.30. The highest BCUT2D eigenvalue weighted by atomic mass is 16.3. The van der Waals surface area contributed by atoms with Crippen molar-refractivity contribution in [1.82, 2.24) is 0 Å². The maximum Gasteiger partial charge on any atom is 0.130 e. The number of Topliss-reactive ketones (excluding diaryl/α,β-unsaturated/α-hetero) is 1. The van der Waals surface area contributed by atoms with Crippen LogP contribution in [0.5, 0.6) is 0 Å². The van der Waals surface area contributed by atoms with Crippen molar-refractivity contribution in [2.45, 2.75) is 32.1 Å². The van der Waals surface area contributed by atoms with E-state index in [-0.39, 0.29) is 12.4 Å². The van der Waals surface area contributed by atoms with Crippen molar-refractivity contribution < 1.29 is 9.90 Å². The predicted octanol–water partition coefficient (Wildman–Crippen LogP) is 2.31. The molecule has 0 fully saturated rings. The largest absolute Gasteiger partial charge is 0.395 e. The van der Waals surface area contributed by atoms with Crippen molar-refractivity contribution in [2.24, 2.45) is 0 Å². The van der Waals surface area contributed by atoms with Crippen LogP contribution in [0.2, 0.25) is 0 Å². The van der Waals surface area contributed by atoms with Gasteiger partial charge in [0.25, 0.3) is 0 Å². The van der Waals surface area contributed by atoms with Crippen molar-refractivity contribution in [3.05, 3.63) is 35.9 Å². The lowest BCUT2D eigenvalue weighted by molar-refractivity contribution is -0.118. The number of aliphatic hydroxyl groups excluding tert-OH is 1. The minimum absolute atomic E-state index is 0.0209. The van der Waals surface area contributed by atoms with Crippen LogP contribution in [-0.2, 0) is 10.2 Å². The number of carbonyl (C=O) groups excluding carboxylic acids is 1. The summed E-state index contributed by atoms with van der Waals surface area (Å²) >= 11 is 0. The molecule has 0 amide bonds. The lowest BCUT2D eigenvalue weighted by atomic mass is 9.75. The Morgan fingerprint density at radius 3 is 2.33 bits per heavy atom. The lowest BCUT2D eigenvalue weighted by Gasteiger charge is -2.30. The molecule has 1 unspecified atom stereocenters. The molecular formula is C13H18O2. The highest BCUT2D eigenvalue weighted by molar-refractivity contribution is 5.77. The topological polar surface area (TPSA) is 37.3 Å². The van der Waals surface area contributed by atoms with E-state index in [0.29, 0.717) is 6.42 Å². The molecule has 0 spiro atoms. The number of rotatable bonds is 5. The Bertz CT molecular complexity index is 313. The van der Waals surface area contributed by atoms with Gasteiger partial charge in [0.2, 0.25) is 0 Å². The molecule has 15 heavy (non-hydrogen) atoms. The Kier molecular flexibility index (Phi) is 4.04. The maximum absolute atomic E-state index is 11.2. The van der Waals surface area contributed by atoms with Gasteiger partial charge in [-0.3, -0.25) is 4.79 Å². The molecule has 0 saturated heterocycles. The summed E-state index contributed by atoms with van der Waals surface area (Å²) in [6.45, 7) is 3.60. The van der Waals surface area contributed by atoms with Gasteiger partial charge in [-0.2, -0.15) is 0 Å². The Hall–Kier alpha value is -1.15. The fraction of sp³-hybridized carbons (Fsp3) is 0.462. The fourth-order valence-electron chi connectivity index (χ4n) is 1.96. The molecule has 0 aromatic heterocycles. The summed E-state index contributed by atoms with van der Waals surface area (Å²) < 4.78 is 0. The first-order valence-corrected chi connectivity index (χ1v) is 5.30. The minimum atomic E-state index is -0.396. The van der Waals surface area contributed by atoms with Crippen molar-refractivity contribution >= 4 is 5.78 Å².